The zero-order valence-corrected chi connectivity index (χ0v) is 18.9. The van der Waals surface area contributed by atoms with E-state index in [1.807, 2.05) is 13.8 Å². The summed E-state index contributed by atoms with van der Waals surface area (Å²) in [7, 11) is 1.52. The van der Waals surface area contributed by atoms with Crippen molar-refractivity contribution in [2.45, 2.75) is 38.4 Å². The second kappa shape index (κ2) is 13.4. The summed E-state index contributed by atoms with van der Waals surface area (Å²) in [6.07, 6.45) is -0.0736. The third-order valence-electron chi connectivity index (χ3n) is 4.16. The summed E-state index contributed by atoms with van der Waals surface area (Å²) in [5, 5.41) is 6.08. The number of nitrogens with zero attached hydrogens (tertiary/aromatic N) is 1. The molecule has 1 rings (SSSR count). The van der Waals surface area contributed by atoms with E-state index in [0.29, 0.717) is 16.4 Å². The molecule has 12 heteroatoms. The van der Waals surface area contributed by atoms with Crippen LogP contribution in [0.1, 0.15) is 26.7 Å². The van der Waals surface area contributed by atoms with Crippen LogP contribution in [-0.2, 0) is 19.2 Å². The van der Waals surface area contributed by atoms with E-state index in [-0.39, 0.29) is 31.8 Å². The number of halogens is 2. The van der Waals surface area contributed by atoms with Gasteiger partial charge in [-0.2, -0.15) is 0 Å². The van der Waals surface area contributed by atoms with Crippen LogP contribution in [-0.4, -0.2) is 60.5 Å². The summed E-state index contributed by atoms with van der Waals surface area (Å²) >= 11 is 5.18. The molecule has 0 aromatic heterocycles. The summed E-state index contributed by atoms with van der Waals surface area (Å²) < 4.78 is 18.4. The Labute approximate surface area is 190 Å². The Bertz CT molecular complexity index is 808. The van der Waals surface area contributed by atoms with Gasteiger partial charge in [-0.3, -0.25) is 24.6 Å². The number of carbonyl (C=O) groups is 4. The maximum absolute atomic E-state index is 13.3. The van der Waals surface area contributed by atoms with Crippen molar-refractivity contribution in [1.82, 2.24) is 15.8 Å². The second-order valence-electron chi connectivity index (χ2n) is 7.32. The van der Waals surface area contributed by atoms with Crippen molar-refractivity contribution in [3.05, 3.63) is 24.3 Å². The van der Waals surface area contributed by atoms with E-state index in [0.717, 1.165) is 0 Å². The zero-order valence-electron chi connectivity index (χ0n) is 18.2. The van der Waals surface area contributed by atoms with E-state index in [4.69, 9.17) is 22.1 Å². The van der Waals surface area contributed by atoms with Gasteiger partial charge in [0.2, 0.25) is 11.8 Å². The number of nitrogens with one attached hydrogen (secondary N) is 3. The molecule has 4 amide bonds. The lowest BCUT2D eigenvalue weighted by Gasteiger charge is -2.27. The lowest BCUT2D eigenvalue weighted by molar-refractivity contribution is -0.145. The van der Waals surface area contributed by atoms with Crippen LogP contribution in [0.3, 0.4) is 0 Å². The molecule has 0 spiro atoms. The third-order valence-corrected chi connectivity index (χ3v) is 4.35. The Morgan fingerprint density at radius 2 is 1.94 bits per heavy atom. The first-order valence-corrected chi connectivity index (χ1v) is 10.3. The number of benzene rings is 1. The number of carbonyl (C=O) groups excluding carboxylic acids is 4. The van der Waals surface area contributed by atoms with Crippen molar-refractivity contribution in [3.63, 3.8) is 0 Å². The van der Waals surface area contributed by atoms with Gasteiger partial charge in [-0.05, 0) is 24.5 Å². The molecular formula is C20H29ClFN5O5. The molecule has 2 atom stereocenters. The molecule has 0 bridgehead atoms. The van der Waals surface area contributed by atoms with Crippen molar-refractivity contribution in [2.24, 2.45) is 11.7 Å². The number of rotatable bonds is 12. The van der Waals surface area contributed by atoms with Crippen LogP contribution in [0.15, 0.2) is 24.3 Å². The van der Waals surface area contributed by atoms with Crippen molar-refractivity contribution in [3.8, 4) is 5.75 Å². The maximum Gasteiger partial charge on any atom is 0.291 e. The molecule has 0 saturated carbocycles. The van der Waals surface area contributed by atoms with E-state index in [1.54, 1.807) is 24.3 Å². The van der Waals surface area contributed by atoms with Crippen LogP contribution >= 0.6 is 11.6 Å². The Hall–Kier alpha value is -3.08. The lowest BCUT2D eigenvalue weighted by Crippen LogP contribution is -2.56. The zero-order chi connectivity index (χ0) is 24.3. The number of amides is 4. The minimum atomic E-state index is -2.42. The van der Waals surface area contributed by atoms with E-state index < -0.39 is 35.3 Å². The van der Waals surface area contributed by atoms with E-state index in [1.165, 1.54) is 7.11 Å². The Morgan fingerprint density at radius 3 is 2.50 bits per heavy atom. The maximum atomic E-state index is 13.3. The molecule has 1 aromatic rings. The minimum absolute atomic E-state index is 0.00844. The van der Waals surface area contributed by atoms with Crippen molar-refractivity contribution in [2.75, 3.05) is 25.5 Å². The number of hydrazine groups is 1. The van der Waals surface area contributed by atoms with Crippen LogP contribution < -0.4 is 26.5 Å². The summed E-state index contributed by atoms with van der Waals surface area (Å²) in [6, 6.07) is 5.93. The van der Waals surface area contributed by atoms with Gasteiger partial charge < -0.3 is 21.1 Å². The molecule has 0 heterocycles. The second-order valence-corrected chi connectivity index (χ2v) is 7.70. The molecule has 2 unspecified atom stereocenters. The highest BCUT2D eigenvalue weighted by atomic mass is 35.5. The molecule has 0 saturated heterocycles. The van der Waals surface area contributed by atoms with Crippen LogP contribution in [0.25, 0.3) is 0 Å². The molecule has 32 heavy (non-hydrogen) atoms. The van der Waals surface area contributed by atoms with Gasteiger partial charge in [-0.15, -0.1) is 0 Å². The summed E-state index contributed by atoms with van der Waals surface area (Å²) in [6.45, 7) is 3.18. The van der Waals surface area contributed by atoms with Crippen molar-refractivity contribution < 1.29 is 28.3 Å². The number of anilines is 1. The minimum Gasteiger partial charge on any atom is -0.497 e. The van der Waals surface area contributed by atoms with E-state index in [2.05, 4.69) is 16.1 Å². The standard InChI is InChI=1S/C20H29ClFN5O5/c1-12(2)9-15(19(30)26-27(8-7-16(23)28)20(31)18(21)22)25-17(29)11-24-13-5-4-6-14(10-13)32-3/h4-6,10,12,15,18,24H,7-9,11H2,1-3H3,(H2,23,28)(H,25,29)(H,26,30). The Balaban J connectivity index is 2.80. The molecule has 0 aliphatic rings. The molecule has 0 aliphatic carbocycles. The average Bonchev–Trinajstić information content (AvgIpc) is 2.73. The molecule has 1 aromatic carbocycles. The molecular weight excluding hydrogens is 445 g/mol. The quantitative estimate of drug-likeness (QED) is 0.262. The van der Waals surface area contributed by atoms with Crippen LogP contribution in [0.5, 0.6) is 5.75 Å². The summed E-state index contributed by atoms with van der Waals surface area (Å²) in [5.74, 6) is -2.63. The molecule has 5 N–H and O–H groups in total. The number of hydrogen-bond acceptors (Lipinski definition) is 6. The number of nitrogens with two attached hydrogens (primary N) is 1. The first-order chi connectivity index (χ1) is 15.0. The topological polar surface area (TPSA) is 143 Å². The number of primary amides is 1. The monoisotopic (exact) mass is 473 g/mol. The molecule has 0 fully saturated rings. The SMILES string of the molecule is COc1cccc(NCC(=O)NC(CC(C)C)C(=O)NN(CCC(N)=O)C(=O)C(F)Cl)c1. The smallest absolute Gasteiger partial charge is 0.291 e. The van der Waals surface area contributed by atoms with Gasteiger partial charge in [0.15, 0.2) is 0 Å². The first-order valence-electron chi connectivity index (χ1n) is 9.89. The number of methoxy groups -OCH3 is 1. The third kappa shape index (κ3) is 9.82. The lowest BCUT2D eigenvalue weighted by atomic mass is 10.0. The number of ether oxygens (including phenoxy) is 1. The summed E-state index contributed by atoms with van der Waals surface area (Å²) in [4.78, 5) is 48.0. The highest BCUT2D eigenvalue weighted by molar-refractivity contribution is 6.29. The normalized spacial score (nSPS) is 12.4. The average molecular weight is 474 g/mol. The van der Waals surface area contributed by atoms with Gasteiger partial charge in [-0.1, -0.05) is 31.5 Å². The highest BCUT2D eigenvalue weighted by Gasteiger charge is 2.28. The fourth-order valence-corrected chi connectivity index (χ4v) is 2.75. The van der Waals surface area contributed by atoms with Crippen molar-refractivity contribution in [1.29, 1.82) is 0 Å². The highest BCUT2D eigenvalue weighted by Crippen LogP contribution is 2.16. The van der Waals surface area contributed by atoms with Gasteiger partial charge in [0, 0.05) is 18.2 Å². The van der Waals surface area contributed by atoms with Crippen LogP contribution in [0, 0.1) is 5.92 Å². The molecule has 178 valence electrons. The number of hydrogen-bond donors (Lipinski definition) is 4. The molecule has 0 radical (unpaired) electrons. The molecule has 10 nitrogen and oxygen atoms in total. The van der Waals surface area contributed by atoms with E-state index >= 15 is 0 Å². The van der Waals surface area contributed by atoms with Gasteiger partial charge in [-0.25, -0.2) is 9.40 Å². The summed E-state index contributed by atoms with van der Waals surface area (Å²) in [5.41, 5.74) is 5.48. The number of alkyl halides is 2. The van der Waals surface area contributed by atoms with Gasteiger partial charge in [0.05, 0.1) is 20.2 Å². The fraction of sp³-hybridized carbons (Fsp3) is 0.500. The van der Waals surface area contributed by atoms with Gasteiger partial charge in [0.1, 0.15) is 11.8 Å². The van der Waals surface area contributed by atoms with Gasteiger partial charge >= 0.3 is 0 Å². The predicted molar refractivity (Wildman–Crippen MR) is 117 cm³/mol. The van der Waals surface area contributed by atoms with Gasteiger partial charge in [0.25, 0.3) is 17.4 Å². The predicted octanol–water partition coefficient (Wildman–Crippen LogP) is 0.908. The van der Waals surface area contributed by atoms with Crippen LogP contribution in [0.4, 0.5) is 10.1 Å². The first kappa shape index (κ1) is 27.0. The fourth-order valence-electron chi connectivity index (χ4n) is 2.64. The largest absolute Gasteiger partial charge is 0.497 e. The Morgan fingerprint density at radius 1 is 1.25 bits per heavy atom. The van der Waals surface area contributed by atoms with Crippen LogP contribution in [0.2, 0.25) is 0 Å². The Kier molecular flexibility index (Phi) is 11.3. The molecule has 0 aliphatic heterocycles. The van der Waals surface area contributed by atoms with Crippen molar-refractivity contribution >= 4 is 40.9 Å². The van der Waals surface area contributed by atoms with E-state index in [9.17, 15) is 23.6 Å².